The number of rotatable bonds is 11. The van der Waals surface area contributed by atoms with E-state index in [0.717, 1.165) is 100 Å². The van der Waals surface area contributed by atoms with Gasteiger partial charge < -0.3 is 28.9 Å². The van der Waals surface area contributed by atoms with Gasteiger partial charge in [-0.15, -0.1) is 0 Å². The van der Waals surface area contributed by atoms with Crippen LogP contribution in [-0.4, -0.2) is 48.4 Å². The molecule has 0 spiro atoms. The smallest absolute Gasteiger partial charge is 0.0737 e. The molecule has 0 radical (unpaired) electrons. The van der Waals surface area contributed by atoms with Crippen LogP contribution in [0.4, 0.5) is 0 Å². The predicted octanol–water partition coefficient (Wildman–Crippen LogP) is 14.1. The van der Waals surface area contributed by atoms with Crippen LogP contribution >= 0.6 is 0 Å². The van der Waals surface area contributed by atoms with Gasteiger partial charge in [-0.1, -0.05) is 111 Å². The highest BCUT2D eigenvalue weighted by molar-refractivity contribution is 5.99. The Balaban J connectivity index is 1.54. The van der Waals surface area contributed by atoms with Crippen LogP contribution in [0, 0.1) is 0 Å². The Bertz CT molecular complexity index is 2890. The molecular weight excluding hydrogens is 817 g/mol. The van der Waals surface area contributed by atoms with Crippen molar-refractivity contribution in [3.8, 4) is 33.4 Å². The highest BCUT2D eigenvalue weighted by Gasteiger charge is 2.26. The average molecular weight is 883 g/mol. The minimum Gasteiger partial charge on any atom is -0.380 e. The average Bonchev–Trinajstić information content (AvgIpc) is 4.10. The van der Waals surface area contributed by atoms with Crippen LogP contribution in [0.2, 0.25) is 0 Å². The first-order valence-electron chi connectivity index (χ1n) is 22.9. The van der Waals surface area contributed by atoms with Crippen molar-refractivity contribution in [1.29, 1.82) is 0 Å². The number of aromatic nitrogens is 4. The lowest BCUT2D eigenvalue weighted by Gasteiger charge is -2.24. The molecule has 0 saturated carbocycles. The zero-order valence-corrected chi connectivity index (χ0v) is 41.2. The number of ether oxygens (including phenoxy) is 4. The second kappa shape index (κ2) is 18.4. The van der Waals surface area contributed by atoms with Crippen molar-refractivity contribution < 1.29 is 18.9 Å². The summed E-state index contributed by atoms with van der Waals surface area (Å²) in [4.78, 5) is 18.7. The van der Waals surface area contributed by atoms with E-state index in [2.05, 4.69) is 175 Å². The second-order valence-corrected chi connectivity index (χ2v) is 20.8. The number of hydrogen-bond acceptors (Lipinski definition) is 6. The van der Waals surface area contributed by atoms with E-state index < -0.39 is 0 Å². The summed E-state index contributed by atoms with van der Waals surface area (Å²) >= 11 is 0. The number of fused-ring (bicyclic) bond motifs is 8. The van der Waals surface area contributed by atoms with E-state index in [1.807, 2.05) is 0 Å². The van der Waals surface area contributed by atoms with Crippen LogP contribution in [0.5, 0.6) is 0 Å². The van der Waals surface area contributed by atoms with E-state index in [4.69, 9.17) is 28.9 Å². The molecule has 3 aromatic heterocycles. The Hall–Kier alpha value is -5.90. The molecule has 0 fully saturated rings. The third-order valence-electron chi connectivity index (χ3n) is 12.7. The van der Waals surface area contributed by atoms with Crippen molar-refractivity contribution in [3.63, 3.8) is 0 Å². The molecule has 0 saturated heterocycles. The molecule has 0 aliphatic carbocycles. The molecule has 8 bridgehead atoms. The number of methoxy groups -OCH3 is 4. The Morgan fingerprint density at radius 2 is 0.788 bits per heavy atom. The summed E-state index contributed by atoms with van der Waals surface area (Å²) in [6.07, 6.45) is 8.52. The monoisotopic (exact) mass is 883 g/mol. The van der Waals surface area contributed by atoms with E-state index in [9.17, 15) is 0 Å². The van der Waals surface area contributed by atoms with Gasteiger partial charge >= 0.3 is 0 Å². The van der Waals surface area contributed by atoms with Gasteiger partial charge in [-0.2, -0.15) is 0 Å². The van der Waals surface area contributed by atoms with Gasteiger partial charge in [-0.05, 0) is 127 Å². The van der Waals surface area contributed by atoms with Crippen LogP contribution in [0.3, 0.4) is 0 Å². The maximum atomic E-state index is 5.95. The third-order valence-corrected chi connectivity index (χ3v) is 12.7. The van der Waals surface area contributed by atoms with Crippen molar-refractivity contribution in [2.75, 3.05) is 28.4 Å². The fourth-order valence-electron chi connectivity index (χ4n) is 9.23. The molecule has 66 heavy (non-hydrogen) atoms. The largest absolute Gasteiger partial charge is 0.380 e. The Morgan fingerprint density at radius 1 is 0.394 bits per heavy atom. The molecule has 5 heterocycles. The van der Waals surface area contributed by atoms with Crippen LogP contribution in [-0.2, 0) is 61.6 Å². The fraction of sp³-hybridized carbons (Fsp3) is 0.345. The lowest BCUT2D eigenvalue weighted by molar-refractivity contribution is 0.180. The highest BCUT2D eigenvalue weighted by atomic mass is 16.5. The summed E-state index contributed by atoms with van der Waals surface area (Å²) in [5.41, 5.74) is 21.0. The lowest BCUT2D eigenvalue weighted by atomic mass is 9.82. The molecule has 2 N–H and O–H groups in total. The zero-order valence-electron chi connectivity index (χ0n) is 41.2. The number of nitrogens with zero attached hydrogens (tertiary/aromatic N) is 2. The maximum absolute atomic E-state index is 5.95. The van der Waals surface area contributed by atoms with Crippen molar-refractivity contribution in [3.05, 3.63) is 141 Å². The molecular formula is C58H66N4O4. The third kappa shape index (κ3) is 9.38. The summed E-state index contributed by atoms with van der Waals surface area (Å²) in [7, 11) is 7.02. The summed E-state index contributed by atoms with van der Waals surface area (Å²) in [5.74, 6) is 0. The van der Waals surface area contributed by atoms with Crippen molar-refractivity contribution in [2.24, 2.45) is 0 Å². The Kier molecular flexibility index (Phi) is 13.0. The summed E-state index contributed by atoms with van der Waals surface area (Å²) in [6.45, 7) is 21.9. The van der Waals surface area contributed by atoms with E-state index in [0.29, 0.717) is 26.4 Å². The van der Waals surface area contributed by atoms with E-state index >= 15 is 0 Å². The zero-order chi connectivity index (χ0) is 47.1. The minimum absolute atomic E-state index is 0.00876. The van der Waals surface area contributed by atoms with Gasteiger partial charge in [0.25, 0.3) is 0 Å². The van der Waals surface area contributed by atoms with Crippen LogP contribution in [0.25, 0.3) is 79.8 Å². The SMILES string of the molecule is COCc1cc(C(C)(C)C)cc(COC)c1-c1c2nc(c(-c3ccc(C(C)(C)C)cc3)c3ccc([nH]3)c(-c3c(COC)cc(C(C)(C)C)cc3COC)c3nc(cc4ccc1[nH]4)C=C3)C=C2. The normalized spacial score (nSPS) is 13.0. The molecule has 0 unspecified atom stereocenters. The van der Waals surface area contributed by atoms with E-state index in [-0.39, 0.29) is 16.2 Å². The Labute approximate surface area is 391 Å². The maximum Gasteiger partial charge on any atom is 0.0737 e. The molecule has 8 heteroatoms. The van der Waals surface area contributed by atoms with E-state index in [1.165, 1.54) is 16.7 Å². The van der Waals surface area contributed by atoms with E-state index in [1.54, 1.807) is 28.4 Å². The summed E-state index contributed by atoms with van der Waals surface area (Å²) < 4.78 is 23.8. The van der Waals surface area contributed by atoms with Gasteiger partial charge in [-0.3, -0.25) is 0 Å². The molecule has 3 aromatic carbocycles. The van der Waals surface area contributed by atoms with Gasteiger partial charge in [0.2, 0.25) is 0 Å². The van der Waals surface area contributed by atoms with Crippen LogP contribution in [0.15, 0.2) is 78.9 Å². The number of hydrogen-bond donors (Lipinski definition) is 2. The standard InChI is InChI=1S/C58H66N4O4/c1-56(2,3)40-16-14-35(15-17-40)53-45-22-24-49(61-45)54(51-36(31-63-10)26-41(57(4,5)6)27-37(51)32-64-11)47-20-18-43(59-47)30-44-19-21-48(60-44)55(50-25-23-46(53)62-50)52-38(33-65-12)28-42(58(7,8)9)29-39(52)34-66-13/h14-30,59,62H,31-34H2,1-13H3. The van der Waals surface area contributed by atoms with Crippen LogP contribution < -0.4 is 0 Å². The summed E-state index contributed by atoms with van der Waals surface area (Å²) in [6, 6.07) is 28.8. The number of benzene rings is 3. The first-order valence-corrected chi connectivity index (χ1v) is 22.9. The molecule has 0 atom stereocenters. The lowest BCUT2D eigenvalue weighted by Crippen LogP contribution is -2.14. The second-order valence-electron chi connectivity index (χ2n) is 20.8. The van der Waals surface area contributed by atoms with Crippen molar-refractivity contribution in [2.45, 2.75) is 105 Å². The molecule has 342 valence electrons. The van der Waals surface area contributed by atoms with Gasteiger partial charge in [0.15, 0.2) is 0 Å². The highest BCUT2D eigenvalue weighted by Crippen LogP contribution is 2.42. The first kappa shape index (κ1) is 46.6. The minimum atomic E-state index is -0.0918. The van der Waals surface area contributed by atoms with Crippen molar-refractivity contribution >= 4 is 46.4 Å². The Morgan fingerprint density at radius 3 is 1.24 bits per heavy atom. The molecule has 8 nitrogen and oxygen atoms in total. The number of nitrogens with one attached hydrogen (secondary N) is 2. The van der Waals surface area contributed by atoms with Gasteiger partial charge in [-0.25, -0.2) is 9.97 Å². The molecule has 2 aliphatic heterocycles. The van der Waals surface area contributed by atoms with Crippen LogP contribution in [0.1, 0.15) is 124 Å². The topological polar surface area (TPSA) is 94.3 Å². The molecule has 2 aliphatic rings. The quantitative estimate of drug-likeness (QED) is 0.134. The molecule has 0 amide bonds. The first-order chi connectivity index (χ1) is 31.4. The predicted molar refractivity (Wildman–Crippen MR) is 274 cm³/mol. The molecule has 6 aromatic rings. The van der Waals surface area contributed by atoms with Gasteiger partial charge in [0.1, 0.15) is 0 Å². The van der Waals surface area contributed by atoms with Gasteiger partial charge in [0.05, 0.1) is 49.2 Å². The number of H-pyrrole nitrogens is 2. The fourth-order valence-corrected chi connectivity index (χ4v) is 9.23. The van der Waals surface area contributed by atoms with Crippen molar-refractivity contribution in [1.82, 2.24) is 19.9 Å². The summed E-state index contributed by atoms with van der Waals surface area (Å²) in [5, 5.41) is 0. The molecule has 8 rings (SSSR count). The number of aromatic amines is 2. The van der Waals surface area contributed by atoms with Gasteiger partial charge in [0, 0.05) is 67.2 Å².